The van der Waals surface area contributed by atoms with E-state index in [-0.39, 0.29) is 29.2 Å². The first kappa shape index (κ1) is 22.7. The number of amides is 3. The predicted octanol–water partition coefficient (Wildman–Crippen LogP) is 4.02. The number of benzene rings is 2. The first-order valence-corrected chi connectivity index (χ1v) is 11.3. The molecule has 1 saturated carbocycles. The van der Waals surface area contributed by atoms with E-state index in [0.717, 1.165) is 17.5 Å². The first-order valence-electron chi connectivity index (χ1n) is 11.3. The van der Waals surface area contributed by atoms with Crippen LogP contribution in [0.4, 0.5) is 11.4 Å². The lowest BCUT2D eigenvalue weighted by Crippen LogP contribution is -2.31. The molecule has 0 spiro atoms. The summed E-state index contributed by atoms with van der Waals surface area (Å²) in [6, 6.07) is 11.8. The smallest absolute Gasteiger partial charge is 0.338 e. The van der Waals surface area contributed by atoms with Crippen molar-refractivity contribution in [3.05, 3.63) is 59.2 Å². The van der Waals surface area contributed by atoms with Gasteiger partial charge in [0.05, 0.1) is 23.1 Å². The number of aryl methyl sites for hydroxylation is 1. The molecule has 4 rings (SSSR count). The van der Waals surface area contributed by atoms with Crippen molar-refractivity contribution < 1.29 is 23.9 Å². The Kier molecular flexibility index (Phi) is 6.31. The molecule has 0 radical (unpaired) electrons. The van der Waals surface area contributed by atoms with Gasteiger partial charge in [0.15, 0.2) is 6.61 Å². The van der Waals surface area contributed by atoms with Gasteiger partial charge in [0.2, 0.25) is 11.8 Å². The van der Waals surface area contributed by atoms with E-state index in [1.54, 1.807) is 18.2 Å². The molecule has 33 heavy (non-hydrogen) atoms. The lowest BCUT2D eigenvalue weighted by Gasteiger charge is -2.25. The summed E-state index contributed by atoms with van der Waals surface area (Å²) in [6.07, 6.45) is 2.36. The molecule has 3 atom stereocenters. The summed E-state index contributed by atoms with van der Waals surface area (Å²) in [6.45, 7) is 5.51. The van der Waals surface area contributed by atoms with Gasteiger partial charge in [-0.1, -0.05) is 25.1 Å². The van der Waals surface area contributed by atoms with E-state index in [4.69, 9.17) is 4.74 Å². The monoisotopic (exact) mass is 448 g/mol. The third-order valence-corrected chi connectivity index (χ3v) is 6.74. The third-order valence-electron chi connectivity index (χ3n) is 6.74. The number of rotatable bonds is 5. The van der Waals surface area contributed by atoms with Crippen LogP contribution in [0.1, 0.15) is 47.7 Å². The van der Waals surface area contributed by atoms with Crippen molar-refractivity contribution in [2.45, 2.75) is 40.0 Å². The van der Waals surface area contributed by atoms with Gasteiger partial charge in [-0.25, -0.2) is 4.79 Å². The summed E-state index contributed by atoms with van der Waals surface area (Å²) in [4.78, 5) is 51.9. The van der Waals surface area contributed by atoms with Crippen LogP contribution >= 0.6 is 0 Å². The van der Waals surface area contributed by atoms with E-state index in [2.05, 4.69) is 12.2 Å². The number of fused-ring (bicyclic) bond motifs is 1. The Balaban J connectivity index is 1.42. The maximum absolute atomic E-state index is 13.0. The second-order valence-electron chi connectivity index (χ2n) is 9.07. The van der Waals surface area contributed by atoms with Gasteiger partial charge in [0, 0.05) is 5.69 Å². The summed E-state index contributed by atoms with van der Waals surface area (Å²) in [5.74, 6) is -1.69. The van der Waals surface area contributed by atoms with Crippen LogP contribution in [0.3, 0.4) is 0 Å². The Labute approximate surface area is 193 Å². The van der Waals surface area contributed by atoms with E-state index in [1.807, 2.05) is 26.0 Å². The van der Waals surface area contributed by atoms with E-state index in [9.17, 15) is 19.2 Å². The van der Waals surface area contributed by atoms with Gasteiger partial charge in [-0.3, -0.25) is 19.3 Å². The standard InChI is InChI=1S/C26H28N2O5/c1-15-10-11-20-21(12-15)25(31)28(24(20)30)19-8-5-7-18(13-19)26(32)33-14-23(29)27-22-9-4-6-16(2)17(22)3/h4-9,13,15,20-21H,10-12,14H2,1-3H3,(H,27,29)/t15-,20-,21-/m1/s1. The number of esters is 1. The zero-order chi connectivity index (χ0) is 23.7. The van der Waals surface area contributed by atoms with Crippen LogP contribution < -0.4 is 10.2 Å². The Bertz CT molecular complexity index is 1130. The number of nitrogens with zero attached hydrogens (tertiary/aromatic N) is 1. The van der Waals surface area contributed by atoms with Crippen molar-refractivity contribution in [3.8, 4) is 0 Å². The van der Waals surface area contributed by atoms with Gasteiger partial charge in [-0.05, 0) is 74.4 Å². The largest absolute Gasteiger partial charge is 0.452 e. The summed E-state index contributed by atoms with van der Waals surface area (Å²) in [5, 5.41) is 2.74. The molecule has 1 heterocycles. The second kappa shape index (κ2) is 9.17. The van der Waals surface area contributed by atoms with E-state index in [1.165, 1.54) is 17.0 Å². The molecule has 2 fully saturated rings. The van der Waals surface area contributed by atoms with Gasteiger partial charge in [-0.2, -0.15) is 0 Å². The lowest BCUT2D eigenvalue weighted by molar-refractivity contribution is -0.122. The van der Waals surface area contributed by atoms with Crippen molar-refractivity contribution >= 4 is 35.1 Å². The van der Waals surface area contributed by atoms with Crippen LogP contribution in [0.15, 0.2) is 42.5 Å². The molecule has 0 unspecified atom stereocenters. The van der Waals surface area contributed by atoms with E-state index < -0.39 is 18.5 Å². The van der Waals surface area contributed by atoms with Crippen LogP contribution in [0.25, 0.3) is 0 Å². The maximum atomic E-state index is 13.0. The number of hydrogen-bond donors (Lipinski definition) is 1. The number of carbonyl (C=O) groups excluding carboxylic acids is 4. The summed E-state index contributed by atoms with van der Waals surface area (Å²) in [5.41, 5.74) is 3.19. The zero-order valence-electron chi connectivity index (χ0n) is 19.1. The minimum absolute atomic E-state index is 0.177. The SMILES string of the molecule is Cc1cccc(NC(=O)COC(=O)c2cccc(N3C(=O)[C@@H]4CC[C@@H](C)C[C@H]4C3=O)c2)c1C. The molecule has 3 amide bonds. The van der Waals surface area contributed by atoms with Crippen LogP contribution in [-0.4, -0.2) is 30.3 Å². The van der Waals surface area contributed by atoms with Crippen molar-refractivity contribution in [3.63, 3.8) is 0 Å². The minimum atomic E-state index is -0.696. The molecule has 172 valence electrons. The number of anilines is 2. The summed E-state index contributed by atoms with van der Waals surface area (Å²) in [7, 11) is 0. The quantitative estimate of drug-likeness (QED) is 0.551. The predicted molar refractivity (Wildman–Crippen MR) is 124 cm³/mol. The molecule has 7 nitrogen and oxygen atoms in total. The molecule has 1 N–H and O–H groups in total. The number of nitrogens with one attached hydrogen (secondary N) is 1. The summed E-state index contributed by atoms with van der Waals surface area (Å²) >= 11 is 0. The van der Waals surface area contributed by atoms with Gasteiger partial charge < -0.3 is 10.1 Å². The molecule has 1 saturated heterocycles. The van der Waals surface area contributed by atoms with Crippen LogP contribution in [0.5, 0.6) is 0 Å². The molecule has 2 aliphatic rings. The van der Waals surface area contributed by atoms with Gasteiger partial charge in [-0.15, -0.1) is 0 Å². The number of ether oxygens (including phenoxy) is 1. The second-order valence-corrected chi connectivity index (χ2v) is 9.07. The molecule has 2 aromatic carbocycles. The molecule has 0 bridgehead atoms. The summed E-state index contributed by atoms with van der Waals surface area (Å²) < 4.78 is 5.17. The van der Waals surface area contributed by atoms with Gasteiger partial charge in [0.25, 0.3) is 5.91 Å². The lowest BCUT2D eigenvalue weighted by atomic mass is 9.76. The highest BCUT2D eigenvalue weighted by Crippen LogP contribution is 2.42. The number of imide groups is 1. The van der Waals surface area contributed by atoms with E-state index in [0.29, 0.717) is 30.1 Å². The fourth-order valence-electron chi connectivity index (χ4n) is 4.70. The fraction of sp³-hybridized carbons (Fsp3) is 0.385. The number of hydrogen-bond acceptors (Lipinski definition) is 5. The molecular weight excluding hydrogens is 420 g/mol. The Morgan fingerprint density at radius 3 is 2.55 bits per heavy atom. The van der Waals surface area contributed by atoms with Crippen molar-refractivity contribution in [1.29, 1.82) is 0 Å². The van der Waals surface area contributed by atoms with Gasteiger partial charge >= 0.3 is 5.97 Å². The molecule has 7 heteroatoms. The van der Waals surface area contributed by atoms with Crippen molar-refractivity contribution in [2.24, 2.45) is 17.8 Å². The number of carbonyl (C=O) groups is 4. The highest BCUT2D eigenvalue weighted by atomic mass is 16.5. The molecule has 1 aliphatic carbocycles. The topological polar surface area (TPSA) is 92.8 Å². The average molecular weight is 449 g/mol. The minimum Gasteiger partial charge on any atom is -0.452 e. The normalized spacial score (nSPS) is 22.2. The Morgan fingerprint density at radius 1 is 1.03 bits per heavy atom. The van der Waals surface area contributed by atoms with Crippen LogP contribution in [0.2, 0.25) is 0 Å². The highest BCUT2D eigenvalue weighted by molar-refractivity contribution is 6.22. The molecular formula is C26H28N2O5. The van der Waals surface area contributed by atoms with Gasteiger partial charge in [0.1, 0.15) is 0 Å². The fourth-order valence-corrected chi connectivity index (χ4v) is 4.70. The van der Waals surface area contributed by atoms with Crippen LogP contribution in [0, 0.1) is 31.6 Å². The maximum Gasteiger partial charge on any atom is 0.338 e. The van der Waals surface area contributed by atoms with E-state index >= 15 is 0 Å². The highest BCUT2D eigenvalue weighted by Gasteiger charge is 2.50. The molecule has 1 aliphatic heterocycles. The van der Waals surface area contributed by atoms with Crippen molar-refractivity contribution in [1.82, 2.24) is 0 Å². The molecule has 2 aromatic rings. The van der Waals surface area contributed by atoms with Crippen molar-refractivity contribution in [2.75, 3.05) is 16.8 Å². The first-order chi connectivity index (χ1) is 15.8. The average Bonchev–Trinajstić information content (AvgIpc) is 3.04. The third kappa shape index (κ3) is 4.53. The Morgan fingerprint density at radius 2 is 1.76 bits per heavy atom. The van der Waals surface area contributed by atoms with Crippen LogP contribution in [-0.2, 0) is 19.1 Å². The Hall–Kier alpha value is -3.48. The molecule has 0 aromatic heterocycles. The zero-order valence-corrected chi connectivity index (χ0v) is 19.1.